The topological polar surface area (TPSA) is 32.3 Å². The molecule has 0 aromatic heterocycles. The number of carbonyl (C=O) groups excluding carboxylic acids is 1. The lowest BCUT2D eigenvalue weighted by atomic mass is 9.74. The fourth-order valence-corrected chi connectivity index (χ4v) is 3.85. The molecule has 1 unspecified atom stereocenters. The number of likely N-dealkylation sites (tertiary alicyclic amines) is 1. The molecular formula is C19H31ClN2O. The van der Waals surface area contributed by atoms with Gasteiger partial charge < -0.3 is 10.2 Å². The van der Waals surface area contributed by atoms with Gasteiger partial charge in [0.2, 0.25) is 5.91 Å². The molecule has 0 spiro atoms. The highest BCUT2D eigenvalue weighted by molar-refractivity contribution is 5.88. The van der Waals surface area contributed by atoms with Crippen molar-refractivity contribution < 1.29 is 4.79 Å². The molecule has 1 heterocycles. The Labute approximate surface area is 147 Å². The number of piperidine rings is 1. The van der Waals surface area contributed by atoms with Crippen molar-refractivity contribution in [3.63, 3.8) is 0 Å². The van der Waals surface area contributed by atoms with Gasteiger partial charge in [-0.15, -0.1) is 12.4 Å². The van der Waals surface area contributed by atoms with Gasteiger partial charge >= 0.3 is 0 Å². The van der Waals surface area contributed by atoms with Crippen molar-refractivity contribution >= 4 is 18.3 Å². The summed E-state index contributed by atoms with van der Waals surface area (Å²) in [5, 5.41) is 3.26. The Morgan fingerprint density at radius 2 is 1.91 bits per heavy atom. The third-order valence-corrected chi connectivity index (χ3v) is 5.24. The van der Waals surface area contributed by atoms with E-state index in [0.717, 1.165) is 38.9 Å². The standard InChI is InChI=1S/C19H30N2O.ClH/c1-4-19(5-2,17-11-7-6-8-12-17)18(22)21-13-9-10-16(15-21)14-20-3;/h6-8,11-12,16,20H,4-5,9-10,13-15H2,1-3H3;1H. The maximum atomic E-state index is 13.3. The maximum absolute atomic E-state index is 13.3. The molecule has 0 bridgehead atoms. The summed E-state index contributed by atoms with van der Waals surface area (Å²) < 4.78 is 0. The largest absolute Gasteiger partial charge is 0.342 e. The van der Waals surface area contributed by atoms with Crippen LogP contribution in [0.2, 0.25) is 0 Å². The number of rotatable bonds is 6. The molecule has 1 fully saturated rings. The Kier molecular flexibility index (Phi) is 8.07. The summed E-state index contributed by atoms with van der Waals surface area (Å²) in [6.07, 6.45) is 4.07. The second-order valence-corrected chi connectivity index (χ2v) is 6.47. The Balaban J connectivity index is 0.00000264. The van der Waals surface area contributed by atoms with Crippen molar-refractivity contribution in [2.45, 2.75) is 44.9 Å². The van der Waals surface area contributed by atoms with Gasteiger partial charge in [-0.1, -0.05) is 44.2 Å². The van der Waals surface area contributed by atoms with Crippen LogP contribution >= 0.6 is 12.4 Å². The summed E-state index contributed by atoms with van der Waals surface area (Å²) in [5.41, 5.74) is 0.809. The van der Waals surface area contributed by atoms with Crippen LogP contribution in [0.15, 0.2) is 30.3 Å². The van der Waals surface area contributed by atoms with Gasteiger partial charge in [-0.05, 0) is 50.8 Å². The normalized spacial score (nSPS) is 18.4. The van der Waals surface area contributed by atoms with Crippen LogP contribution in [-0.4, -0.2) is 37.5 Å². The molecule has 1 aliphatic rings. The average molecular weight is 339 g/mol. The zero-order valence-corrected chi connectivity index (χ0v) is 15.5. The third kappa shape index (κ3) is 4.27. The van der Waals surface area contributed by atoms with Gasteiger partial charge in [0, 0.05) is 13.1 Å². The second kappa shape index (κ2) is 9.29. The zero-order valence-electron chi connectivity index (χ0n) is 14.7. The molecule has 4 heteroatoms. The second-order valence-electron chi connectivity index (χ2n) is 6.47. The third-order valence-electron chi connectivity index (χ3n) is 5.24. The molecular weight excluding hydrogens is 308 g/mol. The van der Waals surface area contributed by atoms with Crippen LogP contribution in [0.3, 0.4) is 0 Å². The Bertz CT molecular complexity index is 472. The van der Waals surface area contributed by atoms with E-state index in [9.17, 15) is 4.79 Å². The molecule has 0 radical (unpaired) electrons. The van der Waals surface area contributed by atoms with Gasteiger partial charge in [0.1, 0.15) is 0 Å². The minimum atomic E-state index is -0.358. The smallest absolute Gasteiger partial charge is 0.233 e. The average Bonchev–Trinajstić information content (AvgIpc) is 2.58. The van der Waals surface area contributed by atoms with E-state index in [4.69, 9.17) is 0 Å². The first-order valence-electron chi connectivity index (χ1n) is 8.67. The molecule has 1 aromatic carbocycles. The van der Waals surface area contributed by atoms with Crippen molar-refractivity contribution in [1.82, 2.24) is 10.2 Å². The zero-order chi connectivity index (χ0) is 16.0. The van der Waals surface area contributed by atoms with Crippen LogP contribution in [-0.2, 0) is 10.2 Å². The highest BCUT2D eigenvalue weighted by Crippen LogP contribution is 2.35. The molecule has 3 nitrogen and oxygen atoms in total. The van der Waals surface area contributed by atoms with Crippen LogP contribution < -0.4 is 5.32 Å². The van der Waals surface area contributed by atoms with Crippen molar-refractivity contribution in [2.24, 2.45) is 5.92 Å². The Morgan fingerprint density at radius 1 is 1.26 bits per heavy atom. The first-order chi connectivity index (χ1) is 10.7. The van der Waals surface area contributed by atoms with E-state index < -0.39 is 0 Å². The van der Waals surface area contributed by atoms with Gasteiger partial charge in [-0.25, -0.2) is 0 Å². The Morgan fingerprint density at radius 3 is 2.48 bits per heavy atom. The molecule has 1 aliphatic heterocycles. The molecule has 1 atom stereocenters. The van der Waals surface area contributed by atoms with Crippen molar-refractivity contribution in [3.8, 4) is 0 Å². The van der Waals surface area contributed by atoms with Crippen LogP contribution in [0, 0.1) is 5.92 Å². The van der Waals surface area contributed by atoms with Gasteiger partial charge in [0.05, 0.1) is 5.41 Å². The summed E-state index contributed by atoms with van der Waals surface area (Å²) >= 11 is 0. The van der Waals surface area contributed by atoms with Crippen LogP contribution in [0.5, 0.6) is 0 Å². The number of hydrogen-bond acceptors (Lipinski definition) is 2. The summed E-state index contributed by atoms with van der Waals surface area (Å²) in [6.45, 7) is 7.09. The minimum Gasteiger partial charge on any atom is -0.342 e. The predicted molar refractivity (Wildman–Crippen MR) is 99.2 cm³/mol. The van der Waals surface area contributed by atoms with Crippen LogP contribution in [0.4, 0.5) is 0 Å². The van der Waals surface area contributed by atoms with E-state index in [1.807, 2.05) is 25.2 Å². The van der Waals surface area contributed by atoms with Gasteiger partial charge in [0.15, 0.2) is 0 Å². The lowest BCUT2D eigenvalue weighted by molar-refractivity contribution is -0.139. The summed E-state index contributed by atoms with van der Waals surface area (Å²) in [4.78, 5) is 15.5. The maximum Gasteiger partial charge on any atom is 0.233 e. The van der Waals surface area contributed by atoms with E-state index >= 15 is 0 Å². The SMILES string of the molecule is CCC(CC)(C(=O)N1CCCC(CNC)C1)c1ccccc1.Cl. The summed E-state index contributed by atoms with van der Waals surface area (Å²) in [6, 6.07) is 10.3. The highest BCUT2D eigenvalue weighted by Gasteiger charge is 2.40. The Hall–Kier alpha value is -1.06. The monoisotopic (exact) mass is 338 g/mol. The lowest BCUT2D eigenvalue weighted by Gasteiger charge is -2.40. The first-order valence-corrected chi connectivity index (χ1v) is 8.67. The molecule has 130 valence electrons. The number of amides is 1. The molecule has 0 saturated carbocycles. The van der Waals surface area contributed by atoms with Crippen LogP contribution in [0.1, 0.15) is 45.1 Å². The highest BCUT2D eigenvalue weighted by atomic mass is 35.5. The van der Waals surface area contributed by atoms with Crippen molar-refractivity contribution in [3.05, 3.63) is 35.9 Å². The quantitative estimate of drug-likeness (QED) is 0.859. The number of benzene rings is 1. The minimum absolute atomic E-state index is 0. The summed E-state index contributed by atoms with van der Waals surface area (Å²) in [7, 11) is 1.99. The van der Waals surface area contributed by atoms with Gasteiger partial charge in [0.25, 0.3) is 0 Å². The fourth-order valence-electron chi connectivity index (χ4n) is 3.85. The molecule has 0 aliphatic carbocycles. The number of nitrogens with zero attached hydrogens (tertiary/aromatic N) is 1. The number of halogens is 1. The van der Waals surface area contributed by atoms with E-state index in [0.29, 0.717) is 11.8 Å². The van der Waals surface area contributed by atoms with Crippen LogP contribution in [0.25, 0.3) is 0 Å². The molecule has 1 saturated heterocycles. The molecule has 1 amide bonds. The number of carbonyl (C=O) groups is 1. The molecule has 23 heavy (non-hydrogen) atoms. The van der Waals surface area contributed by atoms with Gasteiger partial charge in [-0.3, -0.25) is 4.79 Å². The lowest BCUT2D eigenvalue weighted by Crippen LogP contribution is -2.51. The number of nitrogens with one attached hydrogen (secondary N) is 1. The van der Waals surface area contributed by atoms with Gasteiger partial charge in [-0.2, -0.15) is 0 Å². The molecule has 2 rings (SSSR count). The number of hydrogen-bond donors (Lipinski definition) is 1. The van der Waals surface area contributed by atoms with E-state index in [1.54, 1.807) is 0 Å². The van der Waals surface area contributed by atoms with E-state index in [2.05, 4.69) is 36.2 Å². The molecule has 1 aromatic rings. The predicted octanol–water partition coefficient (Wildman–Crippen LogP) is 3.62. The van der Waals surface area contributed by atoms with E-state index in [1.165, 1.54) is 12.0 Å². The fraction of sp³-hybridized carbons (Fsp3) is 0.632. The molecule has 1 N–H and O–H groups in total. The van der Waals surface area contributed by atoms with Crippen molar-refractivity contribution in [2.75, 3.05) is 26.7 Å². The van der Waals surface area contributed by atoms with Crippen molar-refractivity contribution in [1.29, 1.82) is 0 Å². The summed E-state index contributed by atoms with van der Waals surface area (Å²) in [5.74, 6) is 0.911. The first kappa shape index (κ1) is 20.0. The van der Waals surface area contributed by atoms with E-state index in [-0.39, 0.29) is 17.8 Å².